The van der Waals surface area contributed by atoms with Crippen LogP contribution in [0.5, 0.6) is 0 Å². The molecular weight excluding hydrogens is 803 g/mol. The SMILES string of the molecule is C/C=C\c1csc(C)n1.CC.CC1CCCNC(=O)CC(O)C(C)C(=O)C(C)[C@@H](OC=O)C(C)CCC1.CCSCC(NC(=O)CCC(N)C(=O)O)C(=O)NCC(=O)O. The summed E-state index contributed by atoms with van der Waals surface area (Å²) in [4.78, 5) is 84.4. The number of carbonyl (C=O) groups excluding carboxylic acids is 5. The molecule has 59 heavy (non-hydrogen) atoms. The molecule has 16 nitrogen and oxygen atoms in total. The van der Waals surface area contributed by atoms with Crippen molar-refractivity contribution in [3.05, 3.63) is 22.2 Å². The number of nitrogens with zero attached hydrogens (tertiary/aromatic N) is 1. The van der Waals surface area contributed by atoms with Crippen molar-refractivity contribution in [1.82, 2.24) is 20.9 Å². The van der Waals surface area contributed by atoms with Crippen LogP contribution in [0, 0.1) is 30.6 Å². The lowest BCUT2D eigenvalue weighted by Crippen LogP contribution is -2.49. The number of carbonyl (C=O) groups is 7. The highest BCUT2D eigenvalue weighted by Gasteiger charge is 2.35. The number of rotatable bonds is 14. The van der Waals surface area contributed by atoms with Crippen molar-refractivity contribution in [2.45, 2.75) is 138 Å². The third-order valence-corrected chi connectivity index (χ3v) is 11.0. The number of aryl methyl sites for hydroxylation is 1. The maximum absolute atomic E-state index is 12.8. The van der Waals surface area contributed by atoms with E-state index < -0.39 is 66.4 Å². The summed E-state index contributed by atoms with van der Waals surface area (Å²) in [7, 11) is 0. The van der Waals surface area contributed by atoms with Crippen LogP contribution < -0.4 is 21.7 Å². The zero-order valence-corrected chi connectivity index (χ0v) is 38.0. The fourth-order valence-electron chi connectivity index (χ4n) is 5.80. The first-order valence-corrected chi connectivity index (χ1v) is 22.4. The first kappa shape index (κ1) is 57.2. The number of aliphatic hydroxyl groups is 1. The Hall–Kier alpha value is -3.87. The highest BCUT2D eigenvalue weighted by atomic mass is 32.2. The third kappa shape index (κ3) is 26.8. The lowest BCUT2D eigenvalue weighted by atomic mass is 9.81. The molecule has 18 heteroatoms. The molecule has 1 aromatic heterocycles. The molecular formula is C41H71N5O11S2. The molecule has 0 aromatic carbocycles. The average molecular weight is 874 g/mol. The van der Waals surface area contributed by atoms with Crippen molar-refractivity contribution in [3.8, 4) is 0 Å². The molecule has 1 fully saturated rings. The van der Waals surface area contributed by atoms with Crippen molar-refractivity contribution < 1.29 is 53.6 Å². The van der Waals surface area contributed by atoms with E-state index in [9.17, 15) is 38.7 Å². The topological polar surface area (TPSA) is 264 Å². The predicted octanol–water partition coefficient (Wildman–Crippen LogP) is 4.60. The van der Waals surface area contributed by atoms with Crippen LogP contribution in [0.25, 0.3) is 6.08 Å². The summed E-state index contributed by atoms with van der Waals surface area (Å²) in [5.41, 5.74) is 6.36. The molecule has 0 spiro atoms. The maximum Gasteiger partial charge on any atom is 0.322 e. The van der Waals surface area contributed by atoms with Gasteiger partial charge in [0, 0.05) is 30.0 Å². The number of nitrogens with one attached hydrogen (secondary N) is 3. The number of thioether (sulfide) groups is 1. The average Bonchev–Trinajstić information content (AvgIpc) is 3.62. The number of carboxylic acid groups (broad SMARTS) is 2. The number of carboxylic acids is 2. The van der Waals surface area contributed by atoms with Gasteiger partial charge in [-0.2, -0.15) is 11.8 Å². The number of hydrogen-bond donors (Lipinski definition) is 7. The van der Waals surface area contributed by atoms with E-state index in [1.165, 1.54) is 11.8 Å². The number of hydrogen-bond acceptors (Lipinski definition) is 13. The number of nitrogens with two attached hydrogens (primary N) is 1. The maximum atomic E-state index is 12.8. The molecule has 0 bridgehead atoms. The second-order valence-electron chi connectivity index (χ2n) is 14.1. The normalized spacial score (nSPS) is 22.6. The second kappa shape index (κ2) is 33.9. The van der Waals surface area contributed by atoms with Crippen LogP contribution in [0.4, 0.5) is 0 Å². The number of aromatic nitrogens is 1. The summed E-state index contributed by atoms with van der Waals surface area (Å²) in [6.07, 6.45) is 7.08. The summed E-state index contributed by atoms with van der Waals surface area (Å²) in [5.74, 6) is -3.48. The minimum absolute atomic E-state index is 0.0500. The fraction of sp³-hybridized carbons (Fsp3) is 0.707. The van der Waals surface area contributed by atoms with E-state index in [-0.39, 0.29) is 36.9 Å². The lowest BCUT2D eigenvalue weighted by molar-refractivity contribution is -0.146. The Balaban J connectivity index is 0. The van der Waals surface area contributed by atoms with Crippen LogP contribution >= 0.6 is 23.1 Å². The first-order valence-electron chi connectivity index (χ1n) is 20.4. The molecule has 1 aliphatic rings. The first-order chi connectivity index (χ1) is 27.9. The number of ketones is 1. The Morgan fingerprint density at radius 3 is 2.27 bits per heavy atom. The van der Waals surface area contributed by atoms with Gasteiger partial charge >= 0.3 is 11.9 Å². The van der Waals surface area contributed by atoms with Gasteiger partial charge < -0.3 is 41.7 Å². The van der Waals surface area contributed by atoms with Gasteiger partial charge in [-0.15, -0.1) is 11.3 Å². The summed E-state index contributed by atoms with van der Waals surface area (Å²) >= 11 is 3.09. The standard InChI is InChI=1S/C20H35NO5.C12H21N3O6S.C7H9NS.C2H6/c1-13-7-5-9-14(2)20(26-12-22)16(4)19(25)15(3)17(23)11-18(24)21-10-6-8-13;1-2-22-6-8(11(19)14-5-10(17)18)15-9(16)4-3-7(13)12(20)21;1-3-4-7-5-9-6(2)8-7;1-2/h12-17,20,23H,5-11H2,1-4H3,(H,21,24);7-8H,2-6,13H2,1H3,(H,14,19)(H,15,16)(H,17,18)(H,20,21);3-5H,1-2H3;1-2H3/b;;4-3-;/t13?,14?,15?,16?,17?,20-;;;/m0.../s1. The summed E-state index contributed by atoms with van der Waals surface area (Å²) in [6, 6.07) is -2.02. The van der Waals surface area contributed by atoms with Crippen LogP contribution in [0.1, 0.15) is 117 Å². The molecule has 0 aliphatic carbocycles. The zero-order chi connectivity index (χ0) is 45.5. The fourth-order valence-corrected chi connectivity index (χ4v) is 7.08. The lowest BCUT2D eigenvalue weighted by Gasteiger charge is -2.30. The third-order valence-electron chi connectivity index (χ3n) is 9.22. The molecule has 338 valence electrons. The Labute approximate surface area is 358 Å². The van der Waals surface area contributed by atoms with E-state index >= 15 is 0 Å². The molecule has 3 amide bonds. The number of aliphatic carboxylic acids is 2. The van der Waals surface area contributed by atoms with Crippen LogP contribution in [0.3, 0.4) is 0 Å². The van der Waals surface area contributed by atoms with E-state index in [0.717, 1.165) is 48.6 Å². The van der Waals surface area contributed by atoms with E-state index in [2.05, 4.69) is 33.2 Å². The van der Waals surface area contributed by atoms with E-state index in [1.54, 1.807) is 25.2 Å². The van der Waals surface area contributed by atoms with Crippen LogP contribution in [0.2, 0.25) is 0 Å². The van der Waals surface area contributed by atoms with Crippen molar-refractivity contribution >= 4 is 71.1 Å². The molecule has 1 aliphatic heterocycles. The predicted molar refractivity (Wildman–Crippen MR) is 233 cm³/mol. The molecule has 8 atom stereocenters. The molecule has 0 radical (unpaired) electrons. The molecule has 2 rings (SSSR count). The van der Waals surface area contributed by atoms with Crippen LogP contribution in [0.15, 0.2) is 11.5 Å². The van der Waals surface area contributed by atoms with Crippen molar-refractivity contribution in [2.24, 2.45) is 29.4 Å². The van der Waals surface area contributed by atoms with Gasteiger partial charge in [0.1, 0.15) is 30.5 Å². The highest BCUT2D eigenvalue weighted by molar-refractivity contribution is 7.99. The van der Waals surface area contributed by atoms with Gasteiger partial charge in [-0.1, -0.05) is 67.4 Å². The van der Waals surface area contributed by atoms with E-state index in [4.69, 9.17) is 20.7 Å². The highest BCUT2D eigenvalue weighted by Crippen LogP contribution is 2.27. The minimum Gasteiger partial charge on any atom is -0.480 e. The Morgan fingerprint density at radius 2 is 1.73 bits per heavy atom. The van der Waals surface area contributed by atoms with Gasteiger partial charge in [0.2, 0.25) is 17.7 Å². The van der Waals surface area contributed by atoms with E-state index in [0.29, 0.717) is 24.7 Å². The van der Waals surface area contributed by atoms with E-state index in [1.807, 2.05) is 53.7 Å². The monoisotopic (exact) mass is 873 g/mol. The number of ether oxygens (including phenoxy) is 1. The van der Waals surface area contributed by atoms with Gasteiger partial charge in [0.05, 0.1) is 29.1 Å². The Bertz CT molecular complexity index is 1430. The minimum atomic E-state index is -1.20. The number of amides is 3. The van der Waals surface area contributed by atoms with Gasteiger partial charge in [-0.3, -0.25) is 33.6 Å². The van der Waals surface area contributed by atoms with Crippen molar-refractivity contribution in [3.63, 3.8) is 0 Å². The summed E-state index contributed by atoms with van der Waals surface area (Å²) in [5, 5.41) is 38.1. The van der Waals surface area contributed by atoms with Crippen LogP contribution in [-0.2, 0) is 38.3 Å². The molecule has 8 N–H and O–H groups in total. The van der Waals surface area contributed by atoms with Gasteiger partial charge in [0.15, 0.2) is 0 Å². The van der Waals surface area contributed by atoms with Gasteiger partial charge in [-0.25, -0.2) is 4.98 Å². The van der Waals surface area contributed by atoms with Crippen molar-refractivity contribution in [1.29, 1.82) is 0 Å². The quantitative estimate of drug-likeness (QED) is 0.126. The van der Waals surface area contributed by atoms with Crippen molar-refractivity contribution in [2.75, 3.05) is 24.6 Å². The summed E-state index contributed by atoms with van der Waals surface area (Å²) in [6.45, 7) is 17.9. The molecule has 7 unspecified atom stereocenters. The number of allylic oxidation sites excluding steroid dienone is 1. The number of aliphatic hydroxyl groups excluding tert-OH is 1. The largest absolute Gasteiger partial charge is 0.480 e. The molecule has 1 saturated heterocycles. The second-order valence-corrected chi connectivity index (χ2v) is 16.5. The Kier molecular flexibility index (Phi) is 32.9. The van der Waals surface area contributed by atoms with Gasteiger partial charge in [0.25, 0.3) is 6.47 Å². The number of Topliss-reactive ketones (excluding diaryl/α,β-unsaturated/α-hetero) is 1. The smallest absolute Gasteiger partial charge is 0.322 e. The molecule has 0 saturated carbocycles. The number of thiazole rings is 1. The molecule has 1 aromatic rings. The van der Waals surface area contributed by atoms with Crippen LogP contribution in [-0.4, -0.2) is 111 Å². The van der Waals surface area contributed by atoms with Gasteiger partial charge in [-0.05, 0) is 63.2 Å². The Morgan fingerprint density at radius 1 is 1.08 bits per heavy atom. The molecule has 2 heterocycles. The summed E-state index contributed by atoms with van der Waals surface area (Å²) < 4.78 is 5.25. The zero-order valence-electron chi connectivity index (χ0n) is 36.4.